The number of nitrogens with one attached hydrogen (secondary N) is 1. The number of anilines is 1. The standard InChI is InChI=1S/C25H33ClN4O2/c1-16-18(26)12-9-13-19(16)30-22(31)20-14-21(24(2,3)4)28-29(20)15-25(30,5)23(32)27-17-10-7-6-8-11-17/h9,12-14,17H,6-8,10-11,15H2,1-5H3,(H,27,32)/t25-/m1/s1. The smallest absolute Gasteiger partial charge is 0.277 e. The molecule has 1 aliphatic carbocycles. The van der Waals surface area contributed by atoms with Crippen LogP contribution in [0.15, 0.2) is 24.3 Å². The van der Waals surface area contributed by atoms with E-state index in [0.717, 1.165) is 36.9 Å². The monoisotopic (exact) mass is 456 g/mol. The Hall–Kier alpha value is -2.34. The maximum absolute atomic E-state index is 13.9. The van der Waals surface area contributed by atoms with Gasteiger partial charge in [-0.05, 0) is 50.5 Å². The summed E-state index contributed by atoms with van der Waals surface area (Å²) in [6.45, 7) is 10.2. The Bertz CT molecular complexity index is 1050. The van der Waals surface area contributed by atoms with Gasteiger partial charge in [0.15, 0.2) is 0 Å². The molecule has 0 saturated heterocycles. The first-order valence-corrected chi connectivity index (χ1v) is 11.9. The molecule has 0 bridgehead atoms. The summed E-state index contributed by atoms with van der Waals surface area (Å²) < 4.78 is 1.71. The van der Waals surface area contributed by atoms with Crippen LogP contribution in [0.4, 0.5) is 5.69 Å². The summed E-state index contributed by atoms with van der Waals surface area (Å²) in [5.41, 5.74) is 1.44. The summed E-state index contributed by atoms with van der Waals surface area (Å²) in [6.07, 6.45) is 5.41. The predicted octanol–water partition coefficient (Wildman–Crippen LogP) is 5.01. The number of carbonyl (C=O) groups excluding carboxylic acids is 2. The second-order valence-electron chi connectivity index (χ2n) is 10.4. The second kappa shape index (κ2) is 8.22. The molecule has 2 aromatic rings. The van der Waals surface area contributed by atoms with Gasteiger partial charge in [-0.2, -0.15) is 5.10 Å². The van der Waals surface area contributed by atoms with Gasteiger partial charge in [0.05, 0.1) is 12.2 Å². The van der Waals surface area contributed by atoms with Crippen LogP contribution in [0, 0.1) is 6.92 Å². The molecule has 32 heavy (non-hydrogen) atoms. The predicted molar refractivity (Wildman–Crippen MR) is 127 cm³/mol. The van der Waals surface area contributed by atoms with Crippen LogP contribution in [-0.2, 0) is 16.8 Å². The molecule has 2 heterocycles. The minimum Gasteiger partial charge on any atom is -0.351 e. The number of rotatable bonds is 3. The zero-order valence-corrected chi connectivity index (χ0v) is 20.4. The lowest BCUT2D eigenvalue weighted by molar-refractivity contribution is -0.127. The highest BCUT2D eigenvalue weighted by Crippen LogP contribution is 2.38. The molecule has 0 spiro atoms. The first-order valence-electron chi connectivity index (χ1n) is 11.5. The number of amides is 2. The Balaban J connectivity index is 1.81. The third-order valence-electron chi connectivity index (χ3n) is 6.83. The molecule has 1 fully saturated rings. The van der Waals surface area contributed by atoms with Crippen molar-refractivity contribution in [2.75, 3.05) is 4.90 Å². The Morgan fingerprint density at radius 3 is 2.56 bits per heavy atom. The van der Waals surface area contributed by atoms with Crippen molar-refractivity contribution >= 4 is 29.1 Å². The van der Waals surface area contributed by atoms with Crippen LogP contribution < -0.4 is 10.2 Å². The number of benzene rings is 1. The molecule has 0 unspecified atom stereocenters. The lowest BCUT2D eigenvalue weighted by Crippen LogP contribution is -2.65. The Labute approximate surface area is 195 Å². The summed E-state index contributed by atoms with van der Waals surface area (Å²) in [7, 11) is 0. The van der Waals surface area contributed by atoms with Crippen LogP contribution in [0.1, 0.15) is 81.5 Å². The Morgan fingerprint density at radius 1 is 1.22 bits per heavy atom. The van der Waals surface area contributed by atoms with Crippen molar-refractivity contribution in [1.29, 1.82) is 0 Å². The molecule has 1 N–H and O–H groups in total. The van der Waals surface area contributed by atoms with E-state index < -0.39 is 5.54 Å². The number of carbonyl (C=O) groups is 2. The van der Waals surface area contributed by atoms with Crippen molar-refractivity contribution in [3.8, 4) is 0 Å². The fourth-order valence-corrected chi connectivity index (χ4v) is 4.92. The van der Waals surface area contributed by atoms with Gasteiger partial charge in [0.25, 0.3) is 5.91 Å². The molecule has 1 aliphatic heterocycles. The largest absolute Gasteiger partial charge is 0.351 e. The number of hydrogen-bond acceptors (Lipinski definition) is 3. The molecule has 2 amide bonds. The van der Waals surface area contributed by atoms with Crippen LogP contribution in [0.2, 0.25) is 5.02 Å². The Kier molecular flexibility index (Phi) is 5.86. The lowest BCUT2D eigenvalue weighted by Gasteiger charge is -2.44. The van der Waals surface area contributed by atoms with E-state index in [9.17, 15) is 9.59 Å². The fraction of sp³-hybridized carbons (Fsp3) is 0.560. The maximum atomic E-state index is 13.9. The van der Waals surface area contributed by atoms with E-state index in [2.05, 4.69) is 26.1 Å². The second-order valence-corrected chi connectivity index (χ2v) is 10.8. The summed E-state index contributed by atoms with van der Waals surface area (Å²) >= 11 is 6.42. The number of nitrogens with zero attached hydrogens (tertiary/aromatic N) is 3. The van der Waals surface area contributed by atoms with Crippen molar-refractivity contribution in [2.45, 2.75) is 90.3 Å². The van der Waals surface area contributed by atoms with Gasteiger partial charge in [-0.1, -0.05) is 57.7 Å². The van der Waals surface area contributed by atoms with Gasteiger partial charge in [-0.3, -0.25) is 19.2 Å². The average Bonchev–Trinajstić information content (AvgIpc) is 3.16. The first-order chi connectivity index (χ1) is 15.0. The van der Waals surface area contributed by atoms with Crippen LogP contribution in [0.3, 0.4) is 0 Å². The van der Waals surface area contributed by atoms with Gasteiger partial charge in [-0.15, -0.1) is 0 Å². The summed E-state index contributed by atoms with van der Waals surface area (Å²) in [4.78, 5) is 29.3. The van der Waals surface area contributed by atoms with E-state index in [-0.39, 0.29) is 29.8 Å². The van der Waals surface area contributed by atoms with Crippen LogP contribution in [0.25, 0.3) is 0 Å². The molecule has 0 radical (unpaired) electrons. The molecular formula is C25H33ClN4O2. The molecule has 4 rings (SSSR count). The highest BCUT2D eigenvalue weighted by molar-refractivity contribution is 6.32. The van der Waals surface area contributed by atoms with Crippen molar-refractivity contribution in [3.63, 3.8) is 0 Å². The van der Waals surface area contributed by atoms with Gasteiger partial charge in [0.1, 0.15) is 11.2 Å². The molecule has 1 saturated carbocycles. The normalized spacial score (nSPS) is 22.1. The van der Waals surface area contributed by atoms with E-state index in [0.29, 0.717) is 16.4 Å². The number of aromatic nitrogens is 2. The Morgan fingerprint density at radius 2 is 1.91 bits per heavy atom. The lowest BCUT2D eigenvalue weighted by atomic mass is 9.90. The molecule has 6 nitrogen and oxygen atoms in total. The van der Waals surface area contributed by atoms with E-state index in [1.165, 1.54) is 6.42 Å². The first kappa shape index (κ1) is 22.8. The van der Waals surface area contributed by atoms with E-state index in [1.807, 2.05) is 32.0 Å². The van der Waals surface area contributed by atoms with E-state index in [4.69, 9.17) is 16.7 Å². The minimum absolute atomic E-state index is 0.143. The SMILES string of the molecule is Cc1c(Cl)cccc1N1C(=O)c2cc(C(C)(C)C)nn2C[C@]1(C)C(=O)NC1CCCCC1. The third-order valence-corrected chi connectivity index (χ3v) is 7.24. The van der Waals surface area contributed by atoms with Crippen LogP contribution in [-0.4, -0.2) is 33.2 Å². The zero-order chi connectivity index (χ0) is 23.3. The van der Waals surface area contributed by atoms with E-state index in [1.54, 1.807) is 15.6 Å². The van der Waals surface area contributed by atoms with Crippen molar-refractivity contribution in [1.82, 2.24) is 15.1 Å². The molecule has 1 aromatic heterocycles. The number of fused-ring (bicyclic) bond motifs is 1. The minimum atomic E-state index is -1.13. The van der Waals surface area contributed by atoms with Gasteiger partial charge in [0, 0.05) is 22.2 Å². The van der Waals surface area contributed by atoms with Crippen molar-refractivity contribution in [2.24, 2.45) is 0 Å². The molecular weight excluding hydrogens is 424 g/mol. The summed E-state index contributed by atoms with van der Waals surface area (Å²) in [5.74, 6) is -0.374. The highest BCUT2D eigenvalue weighted by Gasteiger charge is 2.50. The molecule has 1 aromatic carbocycles. The topological polar surface area (TPSA) is 67.2 Å². The third kappa shape index (κ3) is 3.94. The van der Waals surface area contributed by atoms with Gasteiger partial charge in [-0.25, -0.2) is 0 Å². The zero-order valence-electron chi connectivity index (χ0n) is 19.7. The van der Waals surface area contributed by atoms with Crippen LogP contribution >= 0.6 is 11.6 Å². The van der Waals surface area contributed by atoms with Crippen molar-refractivity contribution in [3.05, 3.63) is 46.2 Å². The average molecular weight is 457 g/mol. The van der Waals surface area contributed by atoms with Gasteiger partial charge < -0.3 is 5.32 Å². The summed E-state index contributed by atoms with van der Waals surface area (Å²) in [6, 6.07) is 7.49. The van der Waals surface area contributed by atoms with Gasteiger partial charge >= 0.3 is 0 Å². The number of halogens is 1. The van der Waals surface area contributed by atoms with Crippen LogP contribution in [0.5, 0.6) is 0 Å². The molecule has 2 aliphatic rings. The molecule has 1 atom stereocenters. The summed E-state index contributed by atoms with van der Waals surface area (Å²) in [5, 5.41) is 8.54. The van der Waals surface area contributed by atoms with Crippen molar-refractivity contribution < 1.29 is 9.59 Å². The maximum Gasteiger partial charge on any atom is 0.277 e. The number of hydrogen-bond donors (Lipinski definition) is 1. The fourth-order valence-electron chi connectivity index (χ4n) is 4.75. The van der Waals surface area contributed by atoms with Gasteiger partial charge in [0.2, 0.25) is 5.91 Å². The highest BCUT2D eigenvalue weighted by atomic mass is 35.5. The molecule has 172 valence electrons. The van der Waals surface area contributed by atoms with E-state index >= 15 is 0 Å². The molecule has 7 heteroatoms. The quantitative estimate of drug-likeness (QED) is 0.705.